The predicted octanol–water partition coefficient (Wildman–Crippen LogP) is 5.76. The average molecular weight is 415 g/mol. The number of nitriles is 1. The molecule has 1 aliphatic rings. The van der Waals surface area contributed by atoms with Crippen molar-refractivity contribution in [2.75, 3.05) is 13.2 Å². The van der Waals surface area contributed by atoms with Gasteiger partial charge in [0.05, 0.1) is 10.6 Å². The molecule has 148 valence electrons. The lowest BCUT2D eigenvalue weighted by Gasteiger charge is -2.14. The SMILES string of the molecule is N#Cc1ccc(C=CCNC(=O)OCC2c3ccccc3-c3ccccc32)cc1Cl. The second-order valence-electron chi connectivity index (χ2n) is 6.96. The van der Waals surface area contributed by atoms with Crippen molar-refractivity contribution in [3.8, 4) is 17.2 Å². The van der Waals surface area contributed by atoms with E-state index >= 15 is 0 Å². The van der Waals surface area contributed by atoms with Gasteiger partial charge in [0.15, 0.2) is 0 Å². The second-order valence-corrected chi connectivity index (χ2v) is 7.37. The van der Waals surface area contributed by atoms with Crippen LogP contribution in [-0.2, 0) is 4.74 Å². The number of hydrogen-bond donors (Lipinski definition) is 1. The summed E-state index contributed by atoms with van der Waals surface area (Å²) in [6.07, 6.45) is 3.18. The average Bonchev–Trinajstić information content (AvgIpc) is 3.09. The summed E-state index contributed by atoms with van der Waals surface area (Å²) in [5.74, 6) is 0.0412. The van der Waals surface area contributed by atoms with Crippen LogP contribution in [0, 0.1) is 11.3 Å². The highest BCUT2D eigenvalue weighted by Crippen LogP contribution is 2.44. The minimum atomic E-state index is -0.459. The van der Waals surface area contributed by atoms with E-state index in [0.717, 1.165) is 5.56 Å². The Kier molecular flexibility index (Phi) is 5.83. The number of benzene rings is 3. The molecule has 0 atom stereocenters. The van der Waals surface area contributed by atoms with Gasteiger partial charge in [-0.05, 0) is 39.9 Å². The molecule has 0 aromatic heterocycles. The molecular weight excluding hydrogens is 396 g/mol. The number of ether oxygens (including phenoxy) is 1. The number of nitrogens with zero attached hydrogens (tertiary/aromatic N) is 1. The van der Waals surface area contributed by atoms with Gasteiger partial charge >= 0.3 is 6.09 Å². The van der Waals surface area contributed by atoms with Gasteiger partial charge in [0.1, 0.15) is 12.7 Å². The lowest BCUT2D eigenvalue weighted by atomic mass is 9.98. The van der Waals surface area contributed by atoms with Crippen LogP contribution in [-0.4, -0.2) is 19.2 Å². The summed E-state index contributed by atoms with van der Waals surface area (Å²) in [6, 6.07) is 23.7. The van der Waals surface area contributed by atoms with Crippen LogP contribution in [0.5, 0.6) is 0 Å². The Balaban J connectivity index is 1.32. The number of alkyl carbamates (subject to hydrolysis) is 1. The van der Waals surface area contributed by atoms with Gasteiger partial charge in [-0.1, -0.05) is 78.4 Å². The van der Waals surface area contributed by atoms with Crippen molar-refractivity contribution < 1.29 is 9.53 Å². The fourth-order valence-electron chi connectivity index (χ4n) is 3.71. The van der Waals surface area contributed by atoms with Gasteiger partial charge in [-0.2, -0.15) is 5.26 Å². The van der Waals surface area contributed by atoms with Gasteiger partial charge in [-0.25, -0.2) is 4.79 Å². The second kappa shape index (κ2) is 8.86. The van der Waals surface area contributed by atoms with Crippen LogP contribution in [0.2, 0.25) is 5.02 Å². The number of fused-ring (bicyclic) bond motifs is 3. The summed E-state index contributed by atoms with van der Waals surface area (Å²) in [5.41, 5.74) is 6.06. The Bertz CT molecular complexity index is 1120. The molecule has 4 rings (SSSR count). The van der Waals surface area contributed by atoms with Gasteiger partial charge in [0, 0.05) is 12.5 Å². The summed E-state index contributed by atoms with van der Waals surface area (Å²) in [6.45, 7) is 0.614. The Morgan fingerprint density at radius 3 is 2.37 bits per heavy atom. The summed E-state index contributed by atoms with van der Waals surface area (Å²) in [4.78, 5) is 12.1. The molecule has 0 radical (unpaired) electrons. The standard InChI is InChI=1S/C25H19ClN2O2/c26-24-14-17(11-12-18(24)15-27)6-5-13-28-25(29)30-16-23-21-9-3-1-7-19(21)20-8-2-4-10-22(20)23/h1-12,14,23H,13,16H2,(H,28,29). The first kappa shape index (κ1) is 19.8. The first-order valence-corrected chi connectivity index (χ1v) is 10.00. The lowest BCUT2D eigenvalue weighted by Crippen LogP contribution is -2.26. The van der Waals surface area contributed by atoms with E-state index in [-0.39, 0.29) is 12.5 Å². The summed E-state index contributed by atoms with van der Waals surface area (Å²) in [5, 5.41) is 12.0. The molecule has 3 aromatic carbocycles. The molecule has 5 heteroatoms. The topological polar surface area (TPSA) is 62.1 Å². The lowest BCUT2D eigenvalue weighted by molar-refractivity contribution is 0.144. The first-order chi connectivity index (χ1) is 14.7. The summed E-state index contributed by atoms with van der Waals surface area (Å²) >= 11 is 6.02. The number of carbonyl (C=O) groups excluding carboxylic acids is 1. The largest absolute Gasteiger partial charge is 0.449 e. The Labute approximate surface area is 180 Å². The van der Waals surface area contributed by atoms with E-state index in [1.807, 2.05) is 36.4 Å². The van der Waals surface area contributed by atoms with E-state index in [2.05, 4.69) is 29.6 Å². The highest BCUT2D eigenvalue weighted by atomic mass is 35.5. The predicted molar refractivity (Wildman–Crippen MR) is 118 cm³/mol. The molecule has 0 aliphatic heterocycles. The highest BCUT2D eigenvalue weighted by Gasteiger charge is 2.28. The zero-order valence-corrected chi connectivity index (χ0v) is 16.9. The van der Waals surface area contributed by atoms with Gasteiger partial charge in [0.2, 0.25) is 0 Å². The maximum absolute atomic E-state index is 12.1. The number of carbonyl (C=O) groups is 1. The molecule has 0 unspecified atom stereocenters. The zero-order valence-electron chi connectivity index (χ0n) is 16.1. The molecule has 1 amide bonds. The van der Waals surface area contributed by atoms with Crippen molar-refractivity contribution >= 4 is 23.8 Å². The molecule has 0 bridgehead atoms. The molecule has 3 aromatic rings. The Hall–Kier alpha value is -3.55. The fourth-order valence-corrected chi connectivity index (χ4v) is 3.94. The molecule has 1 N–H and O–H groups in total. The maximum Gasteiger partial charge on any atom is 0.407 e. The van der Waals surface area contributed by atoms with Crippen LogP contribution in [0.25, 0.3) is 17.2 Å². The third kappa shape index (κ3) is 4.07. The molecule has 0 saturated heterocycles. The van der Waals surface area contributed by atoms with E-state index in [9.17, 15) is 4.79 Å². The van der Waals surface area contributed by atoms with Crippen LogP contribution in [0.15, 0.2) is 72.8 Å². The van der Waals surface area contributed by atoms with Crippen molar-refractivity contribution in [1.82, 2.24) is 5.32 Å². The number of rotatable bonds is 5. The molecule has 0 saturated carbocycles. The van der Waals surface area contributed by atoms with Crippen LogP contribution >= 0.6 is 11.6 Å². The van der Waals surface area contributed by atoms with Gasteiger partial charge in [0.25, 0.3) is 0 Å². The third-order valence-electron chi connectivity index (χ3n) is 5.13. The number of hydrogen-bond acceptors (Lipinski definition) is 3. The first-order valence-electron chi connectivity index (χ1n) is 9.62. The van der Waals surface area contributed by atoms with Crippen molar-refractivity contribution in [1.29, 1.82) is 5.26 Å². The number of halogens is 1. The van der Waals surface area contributed by atoms with E-state index in [4.69, 9.17) is 21.6 Å². The van der Waals surface area contributed by atoms with Gasteiger partial charge in [-0.15, -0.1) is 0 Å². The minimum absolute atomic E-state index is 0.0412. The quantitative estimate of drug-likeness (QED) is 0.577. The van der Waals surface area contributed by atoms with Crippen LogP contribution in [0.4, 0.5) is 4.79 Å². The van der Waals surface area contributed by atoms with Crippen LogP contribution < -0.4 is 5.32 Å². The normalized spacial score (nSPS) is 12.3. The molecule has 30 heavy (non-hydrogen) atoms. The summed E-state index contributed by atoms with van der Waals surface area (Å²) in [7, 11) is 0. The van der Waals surface area contributed by atoms with Crippen molar-refractivity contribution in [3.05, 3.63) is 100 Å². The molecular formula is C25H19ClN2O2. The van der Waals surface area contributed by atoms with Crippen molar-refractivity contribution in [2.45, 2.75) is 5.92 Å². The van der Waals surface area contributed by atoms with Crippen LogP contribution in [0.3, 0.4) is 0 Å². The highest BCUT2D eigenvalue weighted by molar-refractivity contribution is 6.31. The van der Waals surface area contributed by atoms with Gasteiger partial charge in [-0.3, -0.25) is 0 Å². The molecule has 4 nitrogen and oxygen atoms in total. The van der Waals surface area contributed by atoms with E-state index in [1.54, 1.807) is 24.3 Å². The number of amides is 1. The molecule has 0 spiro atoms. The van der Waals surface area contributed by atoms with Crippen molar-refractivity contribution in [2.24, 2.45) is 0 Å². The maximum atomic E-state index is 12.1. The molecule has 0 fully saturated rings. The minimum Gasteiger partial charge on any atom is -0.449 e. The van der Waals surface area contributed by atoms with E-state index in [0.29, 0.717) is 17.1 Å². The number of nitrogens with one attached hydrogen (secondary N) is 1. The van der Waals surface area contributed by atoms with Crippen molar-refractivity contribution in [3.63, 3.8) is 0 Å². The van der Waals surface area contributed by atoms with E-state index in [1.165, 1.54) is 22.3 Å². The zero-order chi connectivity index (χ0) is 20.9. The molecule has 0 heterocycles. The fraction of sp³-hybridized carbons (Fsp3) is 0.120. The van der Waals surface area contributed by atoms with Crippen LogP contribution in [0.1, 0.15) is 28.2 Å². The van der Waals surface area contributed by atoms with Gasteiger partial charge < -0.3 is 10.1 Å². The third-order valence-corrected chi connectivity index (χ3v) is 5.44. The van der Waals surface area contributed by atoms with E-state index < -0.39 is 6.09 Å². The summed E-state index contributed by atoms with van der Waals surface area (Å²) < 4.78 is 5.50. The Morgan fingerprint density at radius 2 is 1.73 bits per heavy atom. The Morgan fingerprint density at radius 1 is 1.07 bits per heavy atom. The molecule has 1 aliphatic carbocycles. The smallest absolute Gasteiger partial charge is 0.407 e. The monoisotopic (exact) mass is 414 g/mol.